The van der Waals surface area contributed by atoms with Crippen molar-refractivity contribution in [1.82, 2.24) is 0 Å². The summed E-state index contributed by atoms with van der Waals surface area (Å²) < 4.78 is 0. The Morgan fingerprint density at radius 2 is 1.50 bits per heavy atom. The second-order valence-corrected chi connectivity index (χ2v) is 0. The van der Waals surface area contributed by atoms with E-state index in [2.05, 4.69) is 0 Å². The van der Waals surface area contributed by atoms with Crippen molar-refractivity contribution >= 4 is 0 Å². The van der Waals surface area contributed by atoms with E-state index < -0.39 is 0 Å². The molecule has 5 heteroatoms. The van der Waals surface area contributed by atoms with E-state index in [1.807, 2.05) is 0 Å². The fraction of sp³-hybridized carbons (Fsp3) is 0. The molecular weight excluding hydrogens is 151 g/mol. The van der Waals surface area contributed by atoms with E-state index in [0.29, 0.717) is 0 Å². The second kappa shape index (κ2) is 111. The van der Waals surface area contributed by atoms with Crippen molar-refractivity contribution in [2.24, 2.45) is 0 Å². The molecule has 30 valence electrons. The first-order valence-corrected chi connectivity index (χ1v) is 0.406. The molecule has 0 saturated carbocycles. The maximum atomic E-state index is 7.25. The molecule has 6 heavy (non-hydrogen) atoms. The average molecular weight is 152 g/mol. The topological polar surface area (TPSA) is 63.2 Å². The van der Waals surface area contributed by atoms with Gasteiger partial charge in [0.2, 0.25) is 0 Å². The van der Waals surface area contributed by atoms with E-state index in [9.17, 15) is 0 Å². The van der Waals surface area contributed by atoms with E-state index in [-0.39, 0.29) is 69.9 Å². The molecule has 0 aliphatic carbocycles. The van der Waals surface area contributed by atoms with Crippen LogP contribution in [0.15, 0.2) is 0 Å². The summed E-state index contributed by atoms with van der Waals surface area (Å²) in [6.45, 7) is 4.75. The van der Waals surface area contributed by atoms with Crippen LogP contribution in [0, 0.1) is 16.7 Å². The van der Waals surface area contributed by atoms with Crippen LogP contribution in [0.25, 0.3) is 5.59 Å². The third-order valence-corrected chi connectivity index (χ3v) is 0. The van der Waals surface area contributed by atoms with Crippen LogP contribution in [-0.2, 0) is 17.1 Å². The van der Waals surface area contributed by atoms with Crippen LogP contribution in [0.2, 0.25) is 0 Å². The molecule has 0 bridgehead atoms. The zero-order valence-electron chi connectivity index (χ0n) is 4.16. The van der Waals surface area contributed by atoms with Gasteiger partial charge in [-0.2, -0.15) is 0 Å². The predicted molar refractivity (Wildman–Crippen MR) is 12.8 cm³/mol. The summed E-state index contributed by atoms with van der Waals surface area (Å²) in [5, 5.41) is 6.25. The van der Waals surface area contributed by atoms with E-state index in [1.165, 1.54) is 0 Å². The summed E-state index contributed by atoms with van der Waals surface area (Å²) >= 11 is 0. The van der Waals surface area contributed by atoms with E-state index in [0.717, 1.165) is 0 Å². The molecule has 0 fully saturated rings. The average Bonchev–Trinajstić information content (AvgIpc) is 1.50. The monoisotopic (exact) mass is 152 g/mol. The number of nitrogens with zero attached hydrogens (tertiary/aromatic N) is 2. The summed E-state index contributed by atoms with van der Waals surface area (Å²) in [4.78, 5) is 7.25. The molecule has 0 spiro atoms. The minimum atomic E-state index is 0. The van der Waals surface area contributed by atoms with Crippen LogP contribution >= 0.6 is 0 Å². The first kappa shape index (κ1) is 26.8. The third-order valence-electron chi connectivity index (χ3n) is 0. The number of rotatable bonds is 0. The zero-order chi connectivity index (χ0) is 4.00. The minimum Gasteiger partial charge on any atom is -1.00 e. The largest absolute Gasteiger partial charge is 2.00 e. The Balaban J connectivity index is -0.00000000267. The minimum absolute atomic E-state index is 0. The normalized spacial score (nSPS) is 1.00. The predicted octanol–water partition coefficient (Wildman–Crippen LogP) is -2.47. The molecule has 0 aliphatic rings. The fourth-order valence-electron chi connectivity index (χ4n) is 0. The molecule has 0 rings (SSSR count). The Kier molecular flexibility index (Phi) is 495. The van der Waals surface area contributed by atoms with Crippen LogP contribution in [-0.4, -0.2) is 0 Å². The maximum Gasteiger partial charge on any atom is 2.00 e. The van der Waals surface area contributed by atoms with Gasteiger partial charge in [0.15, 0.2) is 0 Å². The van der Waals surface area contributed by atoms with E-state index >= 15 is 0 Å². The summed E-state index contributed by atoms with van der Waals surface area (Å²) in [6.07, 6.45) is 0. The van der Waals surface area contributed by atoms with Crippen LogP contribution in [0.1, 0.15) is 1.43 Å². The van der Waals surface area contributed by atoms with Gasteiger partial charge in [0.25, 0.3) is 0 Å². The van der Waals surface area contributed by atoms with Crippen LogP contribution in [0.4, 0.5) is 0 Å². The summed E-state index contributed by atoms with van der Waals surface area (Å²) in [6, 6.07) is 0. The Morgan fingerprint density at radius 3 is 1.50 bits per heavy atom. The van der Waals surface area contributed by atoms with Gasteiger partial charge in [-0.3, -0.25) is 0 Å². The van der Waals surface area contributed by atoms with Gasteiger partial charge < -0.3 is 23.8 Å². The molecular formula is CHFeKN2O. The first-order valence-electron chi connectivity index (χ1n) is 0.406. The van der Waals surface area contributed by atoms with Crippen molar-refractivity contribution in [3.63, 3.8) is 0 Å². The van der Waals surface area contributed by atoms with Gasteiger partial charge in [-0.15, -0.1) is 0 Å². The van der Waals surface area contributed by atoms with Crippen LogP contribution < -0.4 is 51.4 Å². The van der Waals surface area contributed by atoms with Crippen molar-refractivity contribution in [2.75, 3.05) is 0 Å². The van der Waals surface area contributed by atoms with Gasteiger partial charge in [-0.1, -0.05) is 0 Å². The molecule has 0 N–H and O–H groups in total. The number of hydrogen-bond donors (Lipinski definition) is 0. The van der Waals surface area contributed by atoms with E-state index in [4.69, 9.17) is 22.3 Å². The molecule has 0 aromatic carbocycles. The van der Waals surface area contributed by atoms with Gasteiger partial charge in [0, 0.05) is 0 Å². The van der Waals surface area contributed by atoms with Crippen molar-refractivity contribution in [1.29, 1.82) is 5.26 Å². The van der Waals surface area contributed by atoms with Crippen molar-refractivity contribution < 1.29 is 69.9 Å². The first-order chi connectivity index (χ1) is 2.00. The second-order valence-electron chi connectivity index (χ2n) is 0. The molecule has 0 aromatic heterocycles. The molecule has 0 aromatic rings. The van der Waals surface area contributed by atoms with E-state index in [1.54, 1.807) is 0 Å². The quantitative estimate of drug-likeness (QED) is 0.285. The van der Waals surface area contributed by atoms with Gasteiger partial charge in [-0.25, -0.2) is 0 Å². The molecule has 3 nitrogen and oxygen atoms in total. The van der Waals surface area contributed by atoms with Gasteiger partial charge in [0.1, 0.15) is 0 Å². The molecule has 0 aliphatic heterocycles. The molecule has 0 saturated heterocycles. The van der Waals surface area contributed by atoms with Gasteiger partial charge in [-0.05, 0) is 0 Å². The Hall–Kier alpha value is 1.25. The van der Waals surface area contributed by atoms with Crippen molar-refractivity contribution in [3.8, 4) is 0 Å². The maximum absolute atomic E-state index is 7.25. The van der Waals surface area contributed by atoms with Gasteiger partial charge >= 0.3 is 68.5 Å². The molecule has 0 radical (unpaired) electrons. The van der Waals surface area contributed by atoms with Crippen LogP contribution in [0.5, 0.6) is 0 Å². The summed E-state index contributed by atoms with van der Waals surface area (Å²) in [7, 11) is 0. The third kappa shape index (κ3) is 60.9. The standard InChI is InChI=1S/CN.Fe.K.NO.H/c1-2;;;1-2;/q-1;+2;+1;2*-1. The molecule has 0 atom stereocenters. The Labute approximate surface area is 90.6 Å². The molecule has 0 unspecified atom stereocenters. The molecule has 0 heterocycles. The van der Waals surface area contributed by atoms with Crippen molar-refractivity contribution in [3.05, 3.63) is 17.1 Å². The zero-order valence-corrected chi connectivity index (χ0v) is 7.38. The van der Waals surface area contributed by atoms with Crippen molar-refractivity contribution in [2.45, 2.75) is 0 Å². The van der Waals surface area contributed by atoms with Crippen LogP contribution in [0.3, 0.4) is 0 Å². The SMILES string of the molecule is [C-]#N.[Fe+2].[H-].[K+].[N-]=O. The number of nitroso groups, excluding NO2 is 1. The Bertz CT molecular complexity index is 28.9. The molecule has 0 amide bonds. The summed E-state index contributed by atoms with van der Waals surface area (Å²) in [5.41, 5.74) is 5.75. The van der Waals surface area contributed by atoms with Gasteiger partial charge in [0.05, 0.1) is 0 Å². The number of hydrogen-bond acceptors (Lipinski definition) is 2. The summed E-state index contributed by atoms with van der Waals surface area (Å²) in [5.74, 6) is 0. The smallest absolute Gasteiger partial charge is 1.00 e. The fourth-order valence-corrected chi connectivity index (χ4v) is 0. The Morgan fingerprint density at radius 1 is 1.50 bits per heavy atom.